The van der Waals surface area contributed by atoms with Gasteiger partial charge in [0.05, 0.1) is 30.0 Å². The molecule has 0 radical (unpaired) electrons. The number of aliphatic hydroxyl groups excluding tert-OH is 1. The van der Waals surface area contributed by atoms with Crippen molar-refractivity contribution >= 4 is 19.8 Å². The number of ether oxygens (including phenoxy) is 1. The zero-order valence-electron chi connectivity index (χ0n) is 24.9. The van der Waals surface area contributed by atoms with E-state index in [9.17, 15) is 9.90 Å². The van der Waals surface area contributed by atoms with Crippen molar-refractivity contribution in [3.05, 3.63) is 58.3 Å². The average molecular weight is 578 g/mol. The van der Waals surface area contributed by atoms with E-state index in [1.807, 2.05) is 11.6 Å². The first-order valence-corrected chi connectivity index (χ1v) is 18.6. The number of nitrogens with zero attached hydrogens (tertiary/aromatic N) is 6. The van der Waals surface area contributed by atoms with Crippen LogP contribution in [0.15, 0.2) is 24.5 Å². The highest BCUT2D eigenvalue weighted by Crippen LogP contribution is 2.51. The molecular formula is C30H43N7O3Si. The molecule has 3 aliphatic rings. The number of anilines is 1. The smallest absolute Gasteiger partial charge is 0.255 e. The Kier molecular flexibility index (Phi) is 7.54. The fraction of sp³-hybridized carbons (Fsp3) is 0.600. The molecule has 0 aromatic carbocycles. The molecule has 220 valence electrons. The Bertz CT molecular complexity index is 1420. The third-order valence-corrected chi connectivity index (χ3v) is 10.9. The Balaban J connectivity index is 1.04. The molecule has 1 aliphatic heterocycles. The first-order chi connectivity index (χ1) is 19.6. The summed E-state index contributed by atoms with van der Waals surface area (Å²) in [6, 6.07) is 5.21. The Labute approximate surface area is 243 Å². The normalized spacial score (nSPS) is 23.1. The Morgan fingerprint density at radius 2 is 1.98 bits per heavy atom. The van der Waals surface area contributed by atoms with Gasteiger partial charge in [-0.1, -0.05) is 25.7 Å². The van der Waals surface area contributed by atoms with Crippen molar-refractivity contribution < 1.29 is 14.6 Å². The number of aliphatic hydroxyl groups is 1. The second-order valence-corrected chi connectivity index (χ2v) is 18.9. The summed E-state index contributed by atoms with van der Waals surface area (Å²) >= 11 is 0. The van der Waals surface area contributed by atoms with Gasteiger partial charge in [0.15, 0.2) is 0 Å². The number of aryl methyl sites for hydroxylation is 1. The predicted molar refractivity (Wildman–Crippen MR) is 160 cm³/mol. The maximum Gasteiger partial charge on any atom is 0.255 e. The summed E-state index contributed by atoms with van der Waals surface area (Å²) in [7, 11) is -1.13. The molecule has 6 rings (SSSR count). The number of carbonyl (C=O) groups excluding carboxylic acids is 1. The molecule has 10 nitrogen and oxygen atoms in total. The number of nitrogens with one attached hydrogen (secondary N) is 1. The number of fused-ring (bicyclic) bond motifs is 2. The highest BCUT2D eigenvalue weighted by atomic mass is 28.3. The molecule has 4 atom stereocenters. The minimum Gasteiger partial charge on any atom is -0.396 e. The number of rotatable bonds is 11. The maximum atomic E-state index is 13.2. The number of pyridine rings is 1. The molecule has 2 fully saturated rings. The molecule has 2 N–H and O–H groups in total. The van der Waals surface area contributed by atoms with Gasteiger partial charge in [0.25, 0.3) is 5.91 Å². The largest absolute Gasteiger partial charge is 0.396 e. The van der Waals surface area contributed by atoms with Crippen molar-refractivity contribution in [2.45, 2.75) is 71.7 Å². The van der Waals surface area contributed by atoms with Crippen molar-refractivity contribution in [3.63, 3.8) is 0 Å². The number of hydrogen-bond donors (Lipinski definition) is 2. The van der Waals surface area contributed by atoms with Crippen LogP contribution < -0.4 is 10.2 Å². The molecule has 0 bridgehead atoms. The average Bonchev–Trinajstić information content (AvgIpc) is 3.44. The Morgan fingerprint density at radius 1 is 1.20 bits per heavy atom. The van der Waals surface area contributed by atoms with E-state index in [4.69, 9.17) is 14.8 Å². The van der Waals surface area contributed by atoms with Crippen LogP contribution >= 0.6 is 0 Å². The molecular weight excluding hydrogens is 534 g/mol. The lowest BCUT2D eigenvalue weighted by Gasteiger charge is -2.21. The fourth-order valence-electron chi connectivity index (χ4n) is 6.43. The van der Waals surface area contributed by atoms with E-state index in [2.05, 4.69) is 54.0 Å². The van der Waals surface area contributed by atoms with Crippen molar-refractivity contribution in [2.24, 2.45) is 17.8 Å². The fourth-order valence-corrected chi connectivity index (χ4v) is 7.18. The molecule has 4 heterocycles. The summed E-state index contributed by atoms with van der Waals surface area (Å²) in [5.74, 6) is 2.59. The van der Waals surface area contributed by atoms with Gasteiger partial charge in [0, 0.05) is 52.0 Å². The highest BCUT2D eigenvalue weighted by Gasteiger charge is 2.55. The van der Waals surface area contributed by atoms with E-state index in [0.717, 1.165) is 67.0 Å². The number of aromatic nitrogens is 5. The van der Waals surface area contributed by atoms with Crippen LogP contribution in [0.5, 0.6) is 0 Å². The van der Waals surface area contributed by atoms with E-state index >= 15 is 0 Å². The van der Waals surface area contributed by atoms with Gasteiger partial charge in [0.2, 0.25) is 0 Å². The van der Waals surface area contributed by atoms with Gasteiger partial charge in [0.1, 0.15) is 12.5 Å². The quantitative estimate of drug-likeness (QED) is 0.265. The van der Waals surface area contributed by atoms with Crippen LogP contribution in [0.1, 0.15) is 51.0 Å². The Hall–Kier alpha value is -3.02. The van der Waals surface area contributed by atoms with E-state index in [1.165, 1.54) is 5.56 Å². The molecule has 41 heavy (non-hydrogen) atoms. The zero-order chi connectivity index (χ0) is 28.9. The number of hydrogen-bond acceptors (Lipinski definition) is 7. The van der Waals surface area contributed by atoms with E-state index in [0.29, 0.717) is 43.2 Å². The van der Waals surface area contributed by atoms with Crippen LogP contribution in [0, 0.1) is 31.6 Å². The van der Waals surface area contributed by atoms with Gasteiger partial charge < -0.3 is 20.1 Å². The summed E-state index contributed by atoms with van der Waals surface area (Å²) in [4.78, 5) is 20.3. The van der Waals surface area contributed by atoms with Gasteiger partial charge >= 0.3 is 0 Å². The van der Waals surface area contributed by atoms with E-state index in [-0.39, 0.29) is 11.9 Å². The molecule has 1 amide bonds. The highest BCUT2D eigenvalue weighted by molar-refractivity contribution is 6.76. The third-order valence-electron chi connectivity index (χ3n) is 9.20. The Morgan fingerprint density at radius 3 is 2.68 bits per heavy atom. The SMILES string of the molecule is Cc1nc(N2C[C@@H]3[C@H](CO)[C@@H]3C2)ccc1Cn1cc(C(=O)N[C@@H]2CCc3c2nn(COCC[Si](C)(C)C)c3C)cn1. The van der Waals surface area contributed by atoms with Crippen LogP contribution in [0.4, 0.5) is 5.82 Å². The van der Waals surface area contributed by atoms with Crippen LogP contribution in [0.2, 0.25) is 25.7 Å². The molecule has 3 aromatic rings. The number of amides is 1. The van der Waals surface area contributed by atoms with Crippen molar-refractivity contribution in [1.82, 2.24) is 29.9 Å². The number of carbonyl (C=O) groups is 1. The van der Waals surface area contributed by atoms with Crippen LogP contribution in [-0.2, 0) is 24.4 Å². The van der Waals surface area contributed by atoms with Crippen molar-refractivity contribution in [3.8, 4) is 0 Å². The summed E-state index contributed by atoms with van der Waals surface area (Å²) in [6.45, 7) is 15.2. The van der Waals surface area contributed by atoms with Gasteiger partial charge in [-0.3, -0.25) is 9.48 Å². The minimum atomic E-state index is -1.13. The zero-order valence-corrected chi connectivity index (χ0v) is 25.9. The predicted octanol–water partition coefficient (Wildman–Crippen LogP) is 3.54. The van der Waals surface area contributed by atoms with Gasteiger partial charge in [-0.2, -0.15) is 10.2 Å². The van der Waals surface area contributed by atoms with Crippen molar-refractivity contribution in [2.75, 3.05) is 31.2 Å². The summed E-state index contributed by atoms with van der Waals surface area (Å²) < 4.78 is 9.66. The third kappa shape index (κ3) is 5.84. The maximum absolute atomic E-state index is 13.2. The molecule has 3 aromatic heterocycles. The molecule has 11 heteroatoms. The van der Waals surface area contributed by atoms with Crippen molar-refractivity contribution in [1.29, 1.82) is 0 Å². The van der Waals surface area contributed by atoms with E-state index in [1.54, 1.807) is 17.1 Å². The standard InChI is InChI=1S/C30H43N7O3Si/c1-19-21(6-9-28(32-19)35-15-24-25(16-35)26(24)17-38)13-36-14-22(12-31-36)30(39)33-27-8-7-23-20(2)37(34-29(23)27)18-40-10-11-41(3,4)5/h6,9,12,14,24-27,38H,7-8,10-11,13,15-18H2,1-5H3,(H,33,39)/t24-,25+,26-,27-/m1/s1. The first kappa shape index (κ1) is 28.1. The summed E-state index contributed by atoms with van der Waals surface area (Å²) in [5, 5.41) is 21.9. The van der Waals surface area contributed by atoms with Gasteiger partial charge in [-0.15, -0.1) is 0 Å². The molecule has 0 unspecified atom stereocenters. The monoisotopic (exact) mass is 577 g/mol. The summed E-state index contributed by atoms with van der Waals surface area (Å²) in [6.07, 6.45) is 5.19. The van der Waals surface area contributed by atoms with E-state index < -0.39 is 8.07 Å². The lowest BCUT2D eigenvalue weighted by Crippen LogP contribution is -2.27. The topological polar surface area (TPSA) is 110 Å². The molecule has 0 spiro atoms. The lowest BCUT2D eigenvalue weighted by atomic mass is 10.2. The lowest BCUT2D eigenvalue weighted by molar-refractivity contribution is 0.0764. The molecule has 1 saturated carbocycles. The van der Waals surface area contributed by atoms with Crippen LogP contribution in [-0.4, -0.2) is 69.9 Å². The summed E-state index contributed by atoms with van der Waals surface area (Å²) in [5.41, 5.74) is 5.91. The molecule has 1 saturated heterocycles. The number of piperidine rings is 1. The van der Waals surface area contributed by atoms with Crippen LogP contribution in [0.25, 0.3) is 0 Å². The molecule has 2 aliphatic carbocycles. The van der Waals surface area contributed by atoms with Crippen LogP contribution in [0.3, 0.4) is 0 Å². The van der Waals surface area contributed by atoms with Gasteiger partial charge in [-0.25, -0.2) is 9.67 Å². The van der Waals surface area contributed by atoms with Gasteiger partial charge in [-0.05, 0) is 67.7 Å². The second kappa shape index (κ2) is 11.0. The first-order valence-electron chi connectivity index (χ1n) is 14.9. The second-order valence-electron chi connectivity index (χ2n) is 13.3. The minimum absolute atomic E-state index is 0.106.